The Morgan fingerprint density at radius 3 is 2.53 bits per heavy atom. The number of nitrogens with one attached hydrogen (secondary N) is 2. The van der Waals surface area contributed by atoms with Gasteiger partial charge in [-0.05, 0) is 63.8 Å². The Kier molecular flexibility index (Phi) is 6.34. The first-order valence-electron chi connectivity index (χ1n) is 12.0. The van der Waals surface area contributed by atoms with Crippen molar-refractivity contribution in [3.63, 3.8) is 0 Å². The summed E-state index contributed by atoms with van der Waals surface area (Å²) in [5.74, 6) is -0.560. The van der Waals surface area contributed by atoms with Crippen LogP contribution in [0.4, 0.5) is 5.69 Å². The number of halogens is 1. The van der Waals surface area contributed by atoms with Crippen molar-refractivity contribution in [1.82, 2.24) is 10.3 Å². The number of pyridine rings is 1. The largest absolute Gasteiger partial charge is 0.380 e. The molecule has 1 aromatic heterocycles. The highest BCUT2D eigenvalue weighted by atomic mass is 35.5. The van der Waals surface area contributed by atoms with Crippen LogP contribution in [0.2, 0.25) is 5.02 Å². The fourth-order valence-corrected chi connectivity index (χ4v) is 5.41. The van der Waals surface area contributed by atoms with Crippen LogP contribution in [0.15, 0.2) is 30.5 Å². The predicted octanol–water partition coefficient (Wildman–Crippen LogP) is 5.60. The highest BCUT2D eigenvalue weighted by Gasteiger charge is 2.45. The van der Waals surface area contributed by atoms with E-state index >= 15 is 0 Å². The van der Waals surface area contributed by atoms with Crippen molar-refractivity contribution in [2.45, 2.75) is 94.7 Å². The smallest absolute Gasteiger partial charge is 0.201 e. The summed E-state index contributed by atoms with van der Waals surface area (Å²) >= 11 is 6.17. The number of benzene rings is 1. The van der Waals surface area contributed by atoms with Gasteiger partial charge in [0, 0.05) is 53.3 Å². The molecule has 174 valence electrons. The highest BCUT2D eigenvalue weighted by molar-refractivity contribution is 6.31. The summed E-state index contributed by atoms with van der Waals surface area (Å²) in [5.41, 5.74) is 1.69. The zero-order valence-electron chi connectivity index (χ0n) is 19.0. The molecule has 2 saturated carbocycles. The molecule has 7 heteroatoms. The predicted molar refractivity (Wildman–Crippen MR) is 127 cm³/mol. The fourth-order valence-electron chi connectivity index (χ4n) is 5.25. The summed E-state index contributed by atoms with van der Waals surface area (Å²) in [6, 6.07) is 9.32. The molecule has 2 unspecified atom stereocenters. The van der Waals surface area contributed by atoms with E-state index in [0.29, 0.717) is 29.8 Å². The summed E-state index contributed by atoms with van der Waals surface area (Å²) in [6.07, 6.45) is 10.5. The zero-order chi connectivity index (χ0) is 22.2. The second-order valence-corrected chi connectivity index (χ2v) is 10.7. The second-order valence-electron chi connectivity index (χ2n) is 10.2. The van der Waals surface area contributed by atoms with Gasteiger partial charge in [-0.3, -0.25) is 4.98 Å². The first-order valence-corrected chi connectivity index (χ1v) is 12.4. The van der Waals surface area contributed by atoms with E-state index in [1.165, 1.54) is 25.7 Å². The lowest BCUT2D eigenvalue weighted by Gasteiger charge is -2.46. The maximum absolute atomic E-state index is 6.17. The number of ether oxygens (including phenoxy) is 1. The van der Waals surface area contributed by atoms with Crippen LogP contribution in [-0.4, -0.2) is 41.1 Å². The first kappa shape index (κ1) is 22.4. The van der Waals surface area contributed by atoms with Crippen molar-refractivity contribution >= 4 is 28.2 Å². The van der Waals surface area contributed by atoms with Gasteiger partial charge in [-0.2, -0.15) is 0 Å². The van der Waals surface area contributed by atoms with Crippen LogP contribution in [-0.2, 0) is 14.5 Å². The number of hydrogen-bond acceptors (Lipinski definition) is 6. The van der Waals surface area contributed by atoms with Gasteiger partial charge in [0.25, 0.3) is 0 Å². The van der Waals surface area contributed by atoms with Gasteiger partial charge in [-0.25, -0.2) is 9.78 Å². The van der Waals surface area contributed by atoms with Gasteiger partial charge >= 0.3 is 0 Å². The van der Waals surface area contributed by atoms with E-state index < -0.39 is 5.79 Å². The number of rotatable bonds is 4. The van der Waals surface area contributed by atoms with Gasteiger partial charge in [-0.1, -0.05) is 24.4 Å². The molecule has 2 aromatic rings. The van der Waals surface area contributed by atoms with Gasteiger partial charge in [0.2, 0.25) is 5.79 Å². The average Bonchev–Trinajstić information content (AvgIpc) is 2.79. The second kappa shape index (κ2) is 9.07. The van der Waals surface area contributed by atoms with Gasteiger partial charge in [0.1, 0.15) is 5.60 Å². The minimum absolute atomic E-state index is 0.371. The van der Waals surface area contributed by atoms with Crippen molar-refractivity contribution < 1.29 is 14.5 Å². The van der Waals surface area contributed by atoms with Gasteiger partial charge in [-0.15, -0.1) is 0 Å². The van der Waals surface area contributed by atoms with Crippen molar-refractivity contribution in [1.29, 1.82) is 0 Å². The third-order valence-corrected chi connectivity index (χ3v) is 7.35. The Morgan fingerprint density at radius 1 is 1.00 bits per heavy atom. The molecule has 5 rings (SSSR count). The van der Waals surface area contributed by atoms with Crippen molar-refractivity contribution in [3.05, 3.63) is 35.5 Å². The molecule has 1 spiro atoms. The lowest BCUT2D eigenvalue weighted by Crippen LogP contribution is -2.55. The zero-order valence-corrected chi connectivity index (χ0v) is 19.8. The normalized spacial score (nSPS) is 32.8. The summed E-state index contributed by atoms with van der Waals surface area (Å²) in [7, 11) is 0. The minimum Gasteiger partial charge on any atom is -0.380 e. The standard InChI is InChI=1S/C25H34ClN3O3/c1-24(2)16-30-25(32-31-24)12-9-18(10-13-25)28-21-5-3-4-6-22(21)29-20-11-14-27-23-15-17(26)7-8-19(20)23/h7-8,11,14-15,18,21-22,28H,3-6,9-10,12-13,16H2,1-2H3,(H,27,29). The topological polar surface area (TPSA) is 64.6 Å². The lowest BCUT2D eigenvalue weighted by molar-refractivity contribution is -0.511. The van der Waals surface area contributed by atoms with Crippen LogP contribution in [0.3, 0.4) is 0 Å². The molecule has 1 aliphatic heterocycles. The quantitative estimate of drug-likeness (QED) is 0.580. The summed E-state index contributed by atoms with van der Waals surface area (Å²) in [5, 5.41) is 9.64. The molecule has 3 fully saturated rings. The molecule has 0 bridgehead atoms. The molecule has 32 heavy (non-hydrogen) atoms. The minimum atomic E-state index is -0.560. The molecule has 0 amide bonds. The van der Waals surface area contributed by atoms with Crippen LogP contribution >= 0.6 is 11.6 Å². The molecule has 6 nitrogen and oxygen atoms in total. The van der Waals surface area contributed by atoms with Crippen LogP contribution in [0.1, 0.15) is 65.2 Å². The Hall–Kier alpha value is -1.44. The highest BCUT2D eigenvalue weighted by Crippen LogP contribution is 2.39. The third kappa shape index (κ3) is 4.90. The maximum atomic E-state index is 6.17. The summed E-state index contributed by atoms with van der Waals surface area (Å²) < 4.78 is 6.11. The Labute approximate surface area is 195 Å². The van der Waals surface area contributed by atoms with E-state index in [0.717, 1.165) is 42.3 Å². The van der Waals surface area contributed by atoms with Crippen LogP contribution < -0.4 is 10.6 Å². The number of aromatic nitrogens is 1. The van der Waals surface area contributed by atoms with E-state index in [-0.39, 0.29) is 5.60 Å². The van der Waals surface area contributed by atoms with Crippen molar-refractivity contribution in [2.75, 3.05) is 11.9 Å². The van der Waals surface area contributed by atoms with E-state index in [1.54, 1.807) is 0 Å². The molecule has 0 radical (unpaired) electrons. The van der Waals surface area contributed by atoms with Crippen LogP contribution in [0.25, 0.3) is 10.9 Å². The molecular formula is C25H34ClN3O3. The van der Waals surface area contributed by atoms with E-state index in [4.69, 9.17) is 26.1 Å². The summed E-state index contributed by atoms with van der Waals surface area (Å²) in [6.45, 7) is 4.55. The van der Waals surface area contributed by atoms with Crippen LogP contribution in [0, 0.1) is 0 Å². The Balaban J connectivity index is 1.22. The Bertz CT molecular complexity index is 933. The van der Waals surface area contributed by atoms with Crippen LogP contribution in [0.5, 0.6) is 0 Å². The van der Waals surface area contributed by atoms with Gasteiger partial charge < -0.3 is 15.4 Å². The summed E-state index contributed by atoms with van der Waals surface area (Å²) in [4.78, 5) is 15.8. The molecular weight excluding hydrogens is 426 g/mol. The lowest BCUT2D eigenvalue weighted by atomic mass is 9.85. The molecule has 2 heterocycles. The molecule has 2 atom stereocenters. The molecule has 2 N–H and O–H groups in total. The monoisotopic (exact) mass is 459 g/mol. The maximum Gasteiger partial charge on any atom is 0.201 e. The van der Waals surface area contributed by atoms with Gasteiger partial charge in [0.15, 0.2) is 0 Å². The number of anilines is 1. The number of hydrogen-bond donors (Lipinski definition) is 2. The molecule has 2 aliphatic carbocycles. The van der Waals surface area contributed by atoms with Gasteiger partial charge in [0.05, 0.1) is 12.1 Å². The van der Waals surface area contributed by atoms with E-state index in [9.17, 15) is 0 Å². The Morgan fingerprint density at radius 2 is 1.78 bits per heavy atom. The molecule has 3 aliphatic rings. The van der Waals surface area contributed by atoms with Crippen molar-refractivity contribution in [3.8, 4) is 0 Å². The number of nitrogens with zero attached hydrogens (tertiary/aromatic N) is 1. The first-order chi connectivity index (χ1) is 15.4. The average molecular weight is 460 g/mol. The number of fused-ring (bicyclic) bond motifs is 1. The molecule has 1 aromatic carbocycles. The SMILES string of the molecule is CC1(C)COC2(CCC(NC3CCCCC3Nc3ccnc4cc(Cl)ccc34)CC2)OO1. The molecule has 1 saturated heterocycles. The van der Waals surface area contributed by atoms with E-state index in [1.807, 2.05) is 32.2 Å². The fraction of sp³-hybridized carbons (Fsp3) is 0.640. The third-order valence-electron chi connectivity index (χ3n) is 7.11. The van der Waals surface area contributed by atoms with Crippen molar-refractivity contribution in [2.24, 2.45) is 0 Å². The van der Waals surface area contributed by atoms with E-state index in [2.05, 4.69) is 27.8 Å².